The molecule has 0 amide bonds. The average Bonchev–Trinajstić information content (AvgIpc) is 2.64. The number of nitrogens with two attached hydrogens (primary N) is 1. The summed E-state index contributed by atoms with van der Waals surface area (Å²) in [6.45, 7) is 4.65. The Bertz CT molecular complexity index is 577. The van der Waals surface area contributed by atoms with Crippen molar-refractivity contribution in [3.05, 3.63) is 11.4 Å². The molecule has 20 heavy (non-hydrogen) atoms. The number of hydrogen-bond acceptors (Lipinski definition) is 4. The number of aromatic nitrogens is 2. The highest BCUT2D eigenvalue weighted by molar-refractivity contribution is 7.89. The SMILES string of the molecule is Cc1nn(C)c(C)c1S(=O)(=O)N1CCCCC1CCN. The van der Waals surface area contributed by atoms with Gasteiger partial charge in [-0.2, -0.15) is 9.40 Å². The van der Waals surface area contributed by atoms with Crippen molar-refractivity contribution in [3.63, 3.8) is 0 Å². The number of piperidine rings is 1. The minimum atomic E-state index is -3.48. The van der Waals surface area contributed by atoms with Crippen molar-refractivity contribution in [2.45, 2.75) is 50.5 Å². The molecule has 0 radical (unpaired) electrons. The summed E-state index contributed by atoms with van der Waals surface area (Å²) < 4.78 is 29.2. The van der Waals surface area contributed by atoms with Gasteiger partial charge in [0, 0.05) is 19.6 Å². The number of aryl methyl sites for hydroxylation is 2. The topological polar surface area (TPSA) is 81.2 Å². The third-order valence-corrected chi connectivity index (χ3v) is 6.29. The molecule has 2 rings (SSSR count). The van der Waals surface area contributed by atoms with E-state index in [0.717, 1.165) is 25.7 Å². The molecule has 0 aliphatic carbocycles. The van der Waals surface area contributed by atoms with Gasteiger partial charge >= 0.3 is 0 Å². The maximum Gasteiger partial charge on any atom is 0.246 e. The first-order valence-electron chi connectivity index (χ1n) is 7.11. The second kappa shape index (κ2) is 5.83. The quantitative estimate of drug-likeness (QED) is 0.897. The highest BCUT2D eigenvalue weighted by Gasteiger charge is 2.36. The van der Waals surface area contributed by atoms with E-state index < -0.39 is 10.0 Å². The summed E-state index contributed by atoms with van der Waals surface area (Å²) in [5, 5.41) is 4.23. The Morgan fingerprint density at radius 3 is 2.60 bits per heavy atom. The van der Waals surface area contributed by atoms with Crippen molar-refractivity contribution in [3.8, 4) is 0 Å². The van der Waals surface area contributed by atoms with Gasteiger partial charge in [-0.05, 0) is 39.7 Å². The van der Waals surface area contributed by atoms with Crippen molar-refractivity contribution in [1.82, 2.24) is 14.1 Å². The predicted molar refractivity (Wildman–Crippen MR) is 77.9 cm³/mol. The van der Waals surface area contributed by atoms with Gasteiger partial charge in [-0.1, -0.05) is 6.42 Å². The Morgan fingerprint density at radius 1 is 1.35 bits per heavy atom. The van der Waals surface area contributed by atoms with E-state index in [1.807, 2.05) is 0 Å². The Hall–Kier alpha value is -0.920. The van der Waals surface area contributed by atoms with Crippen LogP contribution in [0.3, 0.4) is 0 Å². The molecule has 0 saturated carbocycles. The van der Waals surface area contributed by atoms with Crippen molar-refractivity contribution in [1.29, 1.82) is 0 Å². The van der Waals surface area contributed by atoms with E-state index in [1.54, 1.807) is 29.9 Å². The van der Waals surface area contributed by atoms with E-state index in [1.165, 1.54) is 0 Å². The number of sulfonamides is 1. The summed E-state index contributed by atoms with van der Waals surface area (Å²) in [6.07, 6.45) is 3.60. The van der Waals surface area contributed by atoms with Crippen LogP contribution in [-0.2, 0) is 17.1 Å². The molecule has 1 aliphatic rings. The third-order valence-electron chi connectivity index (χ3n) is 4.08. The molecule has 0 spiro atoms. The third kappa shape index (κ3) is 2.62. The molecule has 1 aromatic rings. The van der Waals surface area contributed by atoms with Crippen LogP contribution in [0.25, 0.3) is 0 Å². The van der Waals surface area contributed by atoms with Crippen molar-refractivity contribution >= 4 is 10.0 Å². The molecule has 1 fully saturated rings. The van der Waals surface area contributed by atoms with E-state index in [2.05, 4.69) is 5.10 Å². The van der Waals surface area contributed by atoms with Crippen LogP contribution in [0, 0.1) is 13.8 Å². The molecule has 1 saturated heterocycles. The smallest absolute Gasteiger partial charge is 0.246 e. The second-order valence-electron chi connectivity index (χ2n) is 5.47. The van der Waals surface area contributed by atoms with Crippen molar-refractivity contribution in [2.24, 2.45) is 12.8 Å². The van der Waals surface area contributed by atoms with Crippen LogP contribution in [0.4, 0.5) is 0 Å². The van der Waals surface area contributed by atoms with Gasteiger partial charge in [-0.3, -0.25) is 4.68 Å². The maximum absolute atomic E-state index is 13.0. The van der Waals surface area contributed by atoms with Gasteiger partial charge < -0.3 is 5.73 Å². The summed E-state index contributed by atoms with van der Waals surface area (Å²) in [5.41, 5.74) is 6.89. The fourth-order valence-electron chi connectivity index (χ4n) is 3.02. The van der Waals surface area contributed by atoms with Gasteiger partial charge in [0.1, 0.15) is 4.90 Å². The Balaban J connectivity index is 2.42. The van der Waals surface area contributed by atoms with Crippen LogP contribution in [0.5, 0.6) is 0 Å². The monoisotopic (exact) mass is 300 g/mol. The van der Waals surface area contributed by atoms with Gasteiger partial charge in [0.05, 0.1) is 11.4 Å². The van der Waals surface area contributed by atoms with E-state index in [0.29, 0.717) is 29.4 Å². The zero-order valence-corrected chi connectivity index (χ0v) is 13.3. The molecule has 1 aliphatic heterocycles. The highest BCUT2D eigenvalue weighted by atomic mass is 32.2. The normalized spacial score (nSPS) is 21.3. The number of nitrogens with zero attached hydrogens (tertiary/aromatic N) is 3. The molecule has 2 heterocycles. The highest BCUT2D eigenvalue weighted by Crippen LogP contribution is 2.29. The van der Waals surface area contributed by atoms with E-state index in [4.69, 9.17) is 5.73 Å². The van der Waals surface area contributed by atoms with E-state index >= 15 is 0 Å². The van der Waals surface area contributed by atoms with Crippen molar-refractivity contribution < 1.29 is 8.42 Å². The van der Waals surface area contributed by atoms with Crippen molar-refractivity contribution in [2.75, 3.05) is 13.1 Å². The summed E-state index contributed by atoms with van der Waals surface area (Å²) in [5.74, 6) is 0. The predicted octanol–water partition coefficient (Wildman–Crippen LogP) is 0.929. The lowest BCUT2D eigenvalue weighted by Crippen LogP contribution is -2.44. The van der Waals surface area contributed by atoms with E-state index in [-0.39, 0.29) is 6.04 Å². The van der Waals surface area contributed by atoms with Gasteiger partial charge in [0.25, 0.3) is 0 Å². The Morgan fingerprint density at radius 2 is 2.05 bits per heavy atom. The Labute approximate surface area is 121 Å². The molecule has 6 nitrogen and oxygen atoms in total. The molecule has 114 valence electrons. The largest absolute Gasteiger partial charge is 0.330 e. The number of hydrogen-bond donors (Lipinski definition) is 1. The zero-order chi connectivity index (χ0) is 14.9. The van der Waals surface area contributed by atoms with Crippen LogP contribution >= 0.6 is 0 Å². The first kappa shape index (κ1) is 15.5. The number of rotatable bonds is 4. The molecular weight excluding hydrogens is 276 g/mol. The molecule has 1 atom stereocenters. The maximum atomic E-state index is 13.0. The first-order chi connectivity index (χ1) is 9.39. The lowest BCUT2D eigenvalue weighted by Gasteiger charge is -2.34. The standard InChI is InChI=1S/C13H24N4O2S/c1-10-13(11(2)16(3)15-10)20(18,19)17-9-5-4-6-12(17)7-8-14/h12H,4-9,14H2,1-3H3. The summed E-state index contributed by atoms with van der Waals surface area (Å²) in [7, 11) is -1.71. The average molecular weight is 300 g/mol. The second-order valence-corrected chi connectivity index (χ2v) is 7.29. The Kier molecular flexibility index (Phi) is 4.51. The minimum absolute atomic E-state index is 0.0257. The molecule has 0 bridgehead atoms. The van der Waals surface area contributed by atoms with Crippen LogP contribution in [0.15, 0.2) is 4.90 Å². The minimum Gasteiger partial charge on any atom is -0.330 e. The summed E-state index contributed by atoms with van der Waals surface area (Å²) >= 11 is 0. The lowest BCUT2D eigenvalue weighted by molar-refractivity contribution is 0.243. The van der Waals surface area contributed by atoms with E-state index in [9.17, 15) is 8.42 Å². The zero-order valence-electron chi connectivity index (χ0n) is 12.5. The molecule has 1 aromatic heterocycles. The molecule has 2 N–H and O–H groups in total. The summed E-state index contributed by atoms with van der Waals surface area (Å²) in [6, 6.07) is 0.0257. The van der Waals surface area contributed by atoms with Gasteiger partial charge in [0.15, 0.2) is 0 Å². The summed E-state index contributed by atoms with van der Waals surface area (Å²) in [4.78, 5) is 0.365. The van der Waals surface area contributed by atoms with Gasteiger partial charge in [-0.15, -0.1) is 0 Å². The van der Waals surface area contributed by atoms with Crippen LogP contribution in [0.2, 0.25) is 0 Å². The first-order valence-corrected chi connectivity index (χ1v) is 8.55. The van der Waals surface area contributed by atoms with Gasteiger partial charge in [-0.25, -0.2) is 8.42 Å². The molecule has 0 aromatic carbocycles. The van der Waals surface area contributed by atoms with Gasteiger partial charge in [0.2, 0.25) is 10.0 Å². The van der Waals surface area contributed by atoms with Crippen LogP contribution in [0.1, 0.15) is 37.1 Å². The molecular formula is C13H24N4O2S. The molecule has 1 unspecified atom stereocenters. The van der Waals surface area contributed by atoms with Crippen LogP contribution < -0.4 is 5.73 Å². The lowest BCUT2D eigenvalue weighted by atomic mass is 10.0. The molecule has 7 heteroatoms. The van der Waals surface area contributed by atoms with Crippen LogP contribution in [-0.4, -0.2) is 41.6 Å². The fourth-order valence-corrected chi connectivity index (χ4v) is 5.14. The fraction of sp³-hybridized carbons (Fsp3) is 0.769.